The van der Waals surface area contributed by atoms with Crippen molar-refractivity contribution in [1.29, 1.82) is 0 Å². The van der Waals surface area contributed by atoms with Crippen molar-refractivity contribution in [2.24, 2.45) is 5.92 Å². The number of ether oxygens (including phenoxy) is 2. The number of benzene rings is 3. The summed E-state index contributed by atoms with van der Waals surface area (Å²) < 4.78 is 81.1. The maximum absolute atomic E-state index is 12.2. The minimum Gasteiger partial charge on any atom is -0.478 e. The average Bonchev–Trinajstić information content (AvgIpc) is 3.45. The highest BCUT2D eigenvalue weighted by Crippen LogP contribution is 2.52. The van der Waals surface area contributed by atoms with E-state index in [1.54, 1.807) is 6.07 Å². The molecule has 3 aliphatic heterocycles. The lowest BCUT2D eigenvalue weighted by molar-refractivity contribution is -0.438. The minimum atomic E-state index is -4.08. The SMILES string of the molecule is Cc1ccc2c(c1)C(C)(C)C(/C=C/C1=C3Oc4ccc(C(=O)O)cc4OC4=C3C(CC1)CC/C4=C\C=C1\N(CCCCS(=O)(=O)O)c3ccc(C)cc3C1(C)C)=[N+]2CCCCS(=O)(=O)O. The molecule has 344 valence electrons. The minimum absolute atomic E-state index is 0.0775. The second kappa shape index (κ2) is 17.5. The van der Waals surface area contributed by atoms with Crippen LogP contribution in [0.15, 0.2) is 113 Å². The topological polar surface area (TPSA) is 171 Å². The van der Waals surface area contributed by atoms with Gasteiger partial charge in [0.2, 0.25) is 5.69 Å². The first-order chi connectivity index (χ1) is 30.6. The average molecular weight is 924 g/mol. The van der Waals surface area contributed by atoms with Crippen LogP contribution in [0.2, 0.25) is 0 Å². The van der Waals surface area contributed by atoms with E-state index >= 15 is 0 Å². The highest BCUT2D eigenvalue weighted by Gasteiger charge is 2.45. The third kappa shape index (κ3) is 9.41. The van der Waals surface area contributed by atoms with Gasteiger partial charge >= 0.3 is 5.97 Å². The van der Waals surface area contributed by atoms with Crippen molar-refractivity contribution in [1.82, 2.24) is 0 Å². The summed E-state index contributed by atoms with van der Waals surface area (Å²) in [4.78, 5) is 14.5. The molecule has 3 aromatic rings. The van der Waals surface area contributed by atoms with Crippen LogP contribution < -0.4 is 14.4 Å². The fraction of sp³-hybridized carbons (Fsp3) is 0.412. The lowest BCUT2D eigenvalue weighted by Crippen LogP contribution is -2.28. The summed E-state index contributed by atoms with van der Waals surface area (Å²) in [7, 11) is -8.15. The van der Waals surface area contributed by atoms with Gasteiger partial charge in [0.25, 0.3) is 20.2 Å². The van der Waals surface area contributed by atoms with Gasteiger partial charge < -0.3 is 19.5 Å². The van der Waals surface area contributed by atoms with E-state index in [4.69, 9.17) is 9.47 Å². The van der Waals surface area contributed by atoms with Crippen molar-refractivity contribution in [3.8, 4) is 11.5 Å². The summed E-state index contributed by atoms with van der Waals surface area (Å²) >= 11 is 0. The Morgan fingerprint density at radius 3 is 2.14 bits per heavy atom. The van der Waals surface area contributed by atoms with Gasteiger partial charge in [0.15, 0.2) is 17.2 Å². The Hall–Kier alpha value is -5.28. The molecule has 0 fully saturated rings. The molecule has 0 spiro atoms. The fourth-order valence-corrected chi connectivity index (χ4v) is 11.4. The van der Waals surface area contributed by atoms with Crippen LogP contribution in [-0.2, 0) is 31.1 Å². The second-order valence-electron chi connectivity index (χ2n) is 19.1. The standard InChI is InChI=1S/C51H58N2O10S2/c1-32-11-20-40-38(29-32)50(3,4)44(52(40)25-7-9-27-64(56,57)58)23-18-35-15-13-34-14-16-36(48-46(34)47(35)62-42-22-17-37(49(54)55)31-43(42)63-48)19-24-45-51(5,6)39-30-33(2)12-21-41(39)53(45)26-8-10-28-65(59,60)61/h11-12,17-24,29-31,34H,7-10,13-16,25-28H2,1-6H3,(H2-,54,55,56,57,58,59,60,61)/p+1. The van der Waals surface area contributed by atoms with Gasteiger partial charge in [-0.2, -0.15) is 21.4 Å². The van der Waals surface area contributed by atoms with Crippen molar-refractivity contribution < 1.29 is 49.9 Å². The third-order valence-corrected chi connectivity index (χ3v) is 15.3. The Morgan fingerprint density at radius 1 is 0.769 bits per heavy atom. The molecule has 5 aliphatic rings. The first-order valence-electron chi connectivity index (χ1n) is 22.5. The third-order valence-electron chi connectivity index (χ3n) is 13.7. The molecule has 1 atom stereocenters. The molecule has 0 bridgehead atoms. The highest BCUT2D eigenvalue weighted by molar-refractivity contribution is 7.86. The van der Waals surface area contributed by atoms with E-state index in [-0.39, 0.29) is 28.4 Å². The number of carboxylic acids is 1. The molecule has 0 amide bonds. The zero-order valence-electron chi connectivity index (χ0n) is 38.0. The number of anilines is 1. The van der Waals surface area contributed by atoms with E-state index in [9.17, 15) is 35.8 Å². The summed E-state index contributed by atoms with van der Waals surface area (Å²) in [6, 6.07) is 17.5. The van der Waals surface area contributed by atoms with Gasteiger partial charge in [-0.1, -0.05) is 49.2 Å². The molecule has 8 rings (SSSR count). The number of allylic oxidation sites excluding steroid dienone is 8. The fourth-order valence-electron chi connectivity index (χ4n) is 10.3. The normalized spacial score (nSPS) is 21.0. The van der Waals surface area contributed by atoms with Gasteiger partial charge in [0.1, 0.15) is 18.1 Å². The van der Waals surface area contributed by atoms with E-state index < -0.39 is 31.6 Å². The molecule has 0 saturated carbocycles. The zero-order valence-corrected chi connectivity index (χ0v) is 39.6. The van der Waals surface area contributed by atoms with Crippen LogP contribution in [-0.4, -0.2) is 71.9 Å². The van der Waals surface area contributed by atoms with Crippen molar-refractivity contribution >= 4 is 43.3 Å². The van der Waals surface area contributed by atoms with Crippen molar-refractivity contribution in [2.75, 3.05) is 29.5 Å². The molecule has 3 aromatic carbocycles. The van der Waals surface area contributed by atoms with Gasteiger partial charge in [-0.15, -0.1) is 0 Å². The number of aromatic carboxylic acids is 1. The molecule has 1 unspecified atom stereocenters. The van der Waals surface area contributed by atoms with Gasteiger partial charge in [0, 0.05) is 53.0 Å². The molecule has 3 N–H and O–H groups in total. The molecule has 0 aromatic heterocycles. The lowest BCUT2D eigenvalue weighted by Gasteiger charge is -2.33. The van der Waals surface area contributed by atoms with E-state index in [2.05, 4.69) is 112 Å². The van der Waals surface area contributed by atoms with Gasteiger partial charge in [-0.3, -0.25) is 9.11 Å². The summed E-state index contributed by atoms with van der Waals surface area (Å²) in [5.74, 6) is 0.539. The predicted molar refractivity (Wildman–Crippen MR) is 253 cm³/mol. The van der Waals surface area contributed by atoms with Crippen LogP contribution in [0.3, 0.4) is 0 Å². The van der Waals surface area contributed by atoms with Crippen molar-refractivity contribution in [2.45, 2.75) is 104 Å². The quantitative estimate of drug-likeness (QED) is 0.0799. The highest BCUT2D eigenvalue weighted by atomic mass is 32.2. The number of aryl methyl sites for hydroxylation is 2. The van der Waals surface area contributed by atoms with Crippen LogP contribution in [0, 0.1) is 19.8 Å². The molecule has 12 nitrogen and oxygen atoms in total. The Labute approximate surface area is 382 Å². The zero-order chi connectivity index (χ0) is 46.6. The molecule has 14 heteroatoms. The first-order valence-corrected chi connectivity index (χ1v) is 25.7. The first kappa shape index (κ1) is 46.3. The number of carbonyl (C=O) groups is 1. The van der Waals surface area contributed by atoms with Gasteiger partial charge in [0.05, 0.1) is 22.5 Å². The van der Waals surface area contributed by atoms with Crippen molar-refractivity contribution in [3.63, 3.8) is 0 Å². The maximum Gasteiger partial charge on any atom is 0.335 e. The number of carboxylic acid groups (broad SMARTS) is 1. The predicted octanol–water partition coefficient (Wildman–Crippen LogP) is 10.1. The Morgan fingerprint density at radius 2 is 1.43 bits per heavy atom. The van der Waals surface area contributed by atoms with E-state index in [0.29, 0.717) is 61.8 Å². The summed E-state index contributed by atoms with van der Waals surface area (Å²) in [5.41, 5.74) is 11.0. The maximum atomic E-state index is 12.2. The molecular formula is C51H59N2O10S2+. The Kier molecular flexibility index (Phi) is 12.5. The number of fused-ring (bicyclic) bond motifs is 3. The summed E-state index contributed by atoms with van der Waals surface area (Å²) in [6.45, 7) is 14.0. The molecule has 2 aliphatic carbocycles. The van der Waals surface area contributed by atoms with Gasteiger partial charge in [-0.25, -0.2) is 4.79 Å². The molecule has 0 saturated heterocycles. The van der Waals surface area contributed by atoms with Crippen LogP contribution in [0.5, 0.6) is 11.5 Å². The number of nitrogens with zero attached hydrogens (tertiary/aromatic N) is 2. The van der Waals surface area contributed by atoms with Crippen LogP contribution in [0.4, 0.5) is 11.4 Å². The smallest absolute Gasteiger partial charge is 0.335 e. The number of rotatable bonds is 14. The Bertz CT molecular complexity index is 2900. The monoisotopic (exact) mass is 923 g/mol. The largest absolute Gasteiger partial charge is 0.478 e. The number of hydrogen-bond acceptors (Lipinski definition) is 8. The number of hydrogen-bond donors (Lipinski definition) is 3. The molecule has 65 heavy (non-hydrogen) atoms. The molecular weight excluding hydrogens is 865 g/mol. The van der Waals surface area contributed by atoms with Gasteiger partial charge in [-0.05, 0) is 138 Å². The van der Waals surface area contributed by atoms with E-state index in [0.717, 1.165) is 76.3 Å². The van der Waals surface area contributed by atoms with Crippen LogP contribution in [0.25, 0.3) is 0 Å². The van der Waals surface area contributed by atoms with E-state index in [1.165, 1.54) is 23.3 Å². The van der Waals surface area contributed by atoms with Crippen molar-refractivity contribution in [3.05, 3.63) is 141 Å². The summed E-state index contributed by atoms with van der Waals surface area (Å²) in [5, 5.41) is 10.0. The summed E-state index contributed by atoms with van der Waals surface area (Å²) in [6.07, 6.45) is 13.5. The Balaban J connectivity index is 1.23. The van der Waals surface area contributed by atoms with Crippen LogP contribution in [0.1, 0.15) is 112 Å². The molecule has 3 heterocycles. The molecule has 0 radical (unpaired) electrons. The van der Waals surface area contributed by atoms with E-state index in [1.807, 2.05) is 0 Å². The lowest BCUT2D eigenvalue weighted by atomic mass is 9.74. The van der Waals surface area contributed by atoms with Crippen LogP contribution >= 0.6 is 0 Å². The number of unbranched alkanes of at least 4 members (excludes halogenated alkanes) is 2. The second-order valence-corrected chi connectivity index (χ2v) is 22.2.